The minimum Gasteiger partial charge on any atom is -0.467 e. The topological polar surface area (TPSA) is 73.2 Å². The van der Waals surface area contributed by atoms with Gasteiger partial charge in [0.05, 0.1) is 19.2 Å². The monoisotopic (exact) mass is 377 g/mol. The molecule has 148 valence electrons. The van der Waals surface area contributed by atoms with E-state index in [0.29, 0.717) is 17.3 Å². The molecule has 0 saturated carbocycles. The number of nitrogens with one attached hydrogen (secondary N) is 1. The van der Waals surface area contributed by atoms with Crippen molar-refractivity contribution in [1.82, 2.24) is 15.1 Å². The molecule has 0 saturated heterocycles. The molecule has 1 aromatic carbocycles. The highest BCUT2D eigenvalue weighted by atomic mass is 19.1. The lowest BCUT2D eigenvalue weighted by Gasteiger charge is -2.28. The van der Waals surface area contributed by atoms with E-state index in [1.165, 1.54) is 11.8 Å². The van der Waals surface area contributed by atoms with Gasteiger partial charge in [-0.15, -0.1) is 0 Å². The van der Waals surface area contributed by atoms with Crippen LogP contribution >= 0.6 is 0 Å². The van der Waals surface area contributed by atoms with Crippen molar-refractivity contribution >= 4 is 22.8 Å². The second kappa shape index (κ2) is 8.50. The van der Waals surface area contributed by atoms with Crippen molar-refractivity contribution in [1.29, 1.82) is 0 Å². The van der Waals surface area contributed by atoms with Crippen molar-refractivity contribution in [2.75, 3.05) is 7.11 Å². The number of hydrogen-bond donors (Lipinski definition) is 1. The van der Waals surface area contributed by atoms with Gasteiger partial charge >= 0.3 is 5.97 Å². The molecule has 2 aromatic rings. The van der Waals surface area contributed by atoms with Crippen LogP contribution in [0.15, 0.2) is 24.3 Å². The Hall–Kier alpha value is -2.44. The highest BCUT2D eigenvalue weighted by molar-refractivity contribution is 6.06. The molecule has 2 rings (SSSR count). The number of fused-ring (bicyclic) bond motifs is 1. The summed E-state index contributed by atoms with van der Waals surface area (Å²) in [5.74, 6) is -1.01. The zero-order valence-corrected chi connectivity index (χ0v) is 16.6. The summed E-state index contributed by atoms with van der Waals surface area (Å²) in [5, 5.41) is 7.69. The molecule has 2 atom stereocenters. The maximum Gasteiger partial charge on any atom is 0.328 e. The van der Waals surface area contributed by atoms with Crippen LogP contribution in [0.25, 0.3) is 10.9 Å². The van der Waals surface area contributed by atoms with Crippen LogP contribution in [0.1, 0.15) is 51.0 Å². The van der Waals surface area contributed by atoms with Crippen molar-refractivity contribution in [3.05, 3.63) is 30.0 Å². The number of benzene rings is 1. The Balaban J connectivity index is 2.37. The summed E-state index contributed by atoms with van der Waals surface area (Å²) in [4.78, 5) is 25.0. The summed E-state index contributed by atoms with van der Waals surface area (Å²) in [6.07, 6.45) is 0.135. The molecule has 1 amide bonds. The smallest absolute Gasteiger partial charge is 0.328 e. The quantitative estimate of drug-likeness (QED) is 0.750. The van der Waals surface area contributed by atoms with Gasteiger partial charge in [0.15, 0.2) is 5.69 Å². The number of alkyl halides is 1. The van der Waals surface area contributed by atoms with Gasteiger partial charge in [0.1, 0.15) is 12.2 Å². The first kappa shape index (κ1) is 20.9. The zero-order valence-electron chi connectivity index (χ0n) is 16.6. The Morgan fingerprint density at radius 2 is 1.96 bits per heavy atom. The molecule has 0 radical (unpaired) electrons. The average molecular weight is 377 g/mol. The van der Waals surface area contributed by atoms with Crippen molar-refractivity contribution in [3.8, 4) is 0 Å². The van der Waals surface area contributed by atoms with Crippen molar-refractivity contribution in [2.45, 2.75) is 59.3 Å². The molecule has 6 nitrogen and oxygen atoms in total. The van der Waals surface area contributed by atoms with E-state index in [4.69, 9.17) is 4.74 Å². The van der Waals surface area contributed by atoms with Gasteiger partial charge < -0.3 is 10.1 Å². The standard InChI is InChI=1S/C20H28FN3O3/c1-6-9-13(21)12-24-15-11-8-7-10-14(15)16(23-24)18(25)22-17(19(26)27-5)20(2,3)4/h7-8,10-11,13,17H,6,9,12H2,1-5H3,(H,22,25). The maximum absolute atomic E-state index is 14.1. The number of aromatic nitrogens is 2. The molecule has 0 spiro atoms. The summed E-state index contributed by atoms with van der Waals surface area (Å²) >= 11 is 0. The molecular weight excluding hydrogens is 349 g/mol. The number of halogens is 1. The molecule has 7 heteroatoms. The lowest BCUT2D eigenvalue weighted by molar-refractivity contribution is -0.145. The van der Waals surface area contributed by atoms with E-state index < -0.39 is 29.5 Å². The van der Waals surface area contributed by atoms with E-state index in [1.807, 2.05) is 33.8 Å². The van der Waals surface area contributed by atoms with E-state index >= 15 is 0 Å². The third kappa shape index (κ3) is 4.84. The Kier molecular flexibility index (Phi) is 6.57. The maximum atomic E-state index is 14.1. The molecule has 0 aliphatic carbocycles. The fourth-order valence-corrected chi connectivity index (χ4v) is 2.97. The molecule has 1 aromatic heterocycles. The summed E-state index contributed by atoms with van der Waals surface area (Å²) in [7, 11) is 1.28. The van der Waals surface area contributed by atoms with E-state index in [1.54, 1.807) is 18.2 Å². The first-order valence-electron chi connectivity index (χ1n) is 9.17. The van der Waals surface area contributed by atoms with Crippen molar-refractivity contribution in [3.63, 3.8) is 0 Å². The summed E-state index contributed by atoms with van der Waals surface area (Å²) < 4.78 is 20.5. The van der Waals surface area contributed by atoms with Gasteiger partial charge in [-0.1, -0.05) is 52.3 Å². The second-order valence-electron chi connectivity index (χ2n) is 7.73. The number of methoxy groups -OCH3 is 1. The number of esters is 1. The Labute approximate surface area is 159 Å². The minimum atomic E-state index is -1.04. The molecular formula is C20H28FN3O3. The Bertz CT molecular complexity index is 810. The van der Waals surface area contributed by atoms with Gasteiger partial charge in [-0.05, 0) is 17.9 Å². The van der Waals surface area contributed by atoms with Crippen LogP contribution in [0.4, 0.5) is 4.39 Å². The number of carbonyl (C=O) groups is 2. The summed E-state index contributed by atoms with van der Waals surface area (Å²) in [6, 6.07) is 6.37. The van der Waals surface area contributed by atoms with Gasteiger partial charge in [0.25, 0.3) is 5.91 Å². The predicted molar refractivity (Wildman–Crippen MR) is 102 cm³/mol. The van der Waals surface area contributed by atoms with Crippen LogP contribution in [0.2, 0.25) is 0 Å². The second-order valence-corrected chi connectivity index (χ2v) is 7.73. The van der Waals surface area contributed by atoms with Crippen LogP contribution in [0.3, 0.4) is 0 Å². The van der Waals surface area contributed by atoms with Gasteiger partial charge in [0.2, 0.25) is 0 Å². The van der Waals surface area contributed by atoms with Crippen molar-refractivity contribution < 1.29 is 18.7 Å². The molecule has 0 aliphatic rings. The normalized spacial score (nSPS) is 14.0. The van der Waals surface area contributed by atoms with E-state index in [9.17, 15) is 14.0 Å². The molecule has 0 fully saturated rings. The van der Waals surface area contributed by atoms with E-state index in [2.05, 4.69) is 10.4 Å². The molecule has 0 bridgehead atoms. The van der Waals surface area contributed by atoms with Crippen LogP contribution < -0.4 is 5.32 Å². The van der Waals surface area contributed by atoms with Crippen LogP contribution in [0.5, 0.6) is 0 Å². The van der Waals surface area contributed by atoms with Crippen molar-refractivity contribution in [2.24, 2.45) is 5.41 Å². The van der Waals surface area contributed by atoms with E-state index in [-0.39, 0.29) is 12.2 Å². The fraction of sp³-hybridized carbons (Fsp3) is 0.550. The van der Waals surface area contributed by atoms with E-state index in [0.717, 1.165) is 6.42 Å². The zero-order chi connectivity index (χ0) is 20.2. The van der Waals surface area contributed by atoms with Gasteiger partial charge in [0, 0.05) is 5.39 Å². The first-order chi connectivity index (χ1) is 12.7. The molecule has 2 unspecified atom stereocenters. The third-order valence-electron chi connectivity index (χ3n) is 4.42. The fourth-order valence-electron chi connectivity index (χ4n) is 2.97. The van der Waals surface area contributed by atoms with Gasteiger partial charge in [-0.3, -0.25) is 9.48 Å². The first-order valence-corrected chi connectivity index (χ1v) is 9.17. The molecule has 0 aliphatic heterocycles. The van der Waals surface area contributed by atoms with Crippen LogP contribution in [-0.2, 0) is 16.1 Å². The third-order valence-corrected chi connectivity index (χ3v) is 4.42. The number of amides is 1. The van der Waals surface area contributed by atoms with Crippen LogP contribution in [-0.4, -0.2) is 41.0 Å². The largest absolute Gasteiger partial charge is 0.467 e. The van der Waals surface area contributed by atoms with Crippen LogP contribution in [0, 0.1) is 5.41 Å². The highest BCUT2D eigenvalue weighted by Crippen LogP contribution is 2.23. The lowest BCUT2D eigenvalue weighted by Crippen LogP contribution is -2.49. The number of para-hydroxylation sites is 1. The number of ether oxygens (including phenoxy) is 1. The van der Waals surface area contributed by atoms with Gasteiger partial charge in [-0.25, -0.2) is 9.18 Å². The molecule has 27 heavy (non-hydrogen) atoms. The minimum absolute atomic E-state index is 0.0847. The predicted octanol–water partition coefficient (Wildman–Crippen LogP) is 3.49. The lowest BCUT2D eigenvalue weighted by atomic mass is 9.86. The number of carbonyl (C=O) groups excluding carboxylic acids is 2. The Morgan fingerprint density at radius 3 is 2.56 bits per heavy atom. The summed E-state index contributed by atoms with van der Waals surface area (Å²) in [6.45, 7) is 7.52. The Morgan fingerprint density at radius 1 is 1.30 bits per heavy atom. The summed E-state index contributed by atoms with van der Waals surface area (Å²) in [5.41, 5.74) is 0.325. The van der Waals surface area contributed by atoms with Gasteiger partial charge in [-0.2, -0.15) is 5.10 Å². The molecule has 1 heterocycles. The number of nitrogens with zero attached hydrogens (tertiary/aromatic N) is 2. The highest BCUT2D eigenvalue weighted by Gasteiger charge is 2.34. The number of rotatable bonds is 7. The SMILES string of the molecule is CCCC(F)Cn1nc(C(=O)NC(C(=O)OC)C(C)(C)C)c2ccccc21. The average Bonchev–Trinajstić information content (AvgIpc) is 2.97. The number of hydrogen-bond acceptors (Lipinski definition) is 4. The molecule has 1 N–H and O–H groups in total.